The first kappa shape index (κ1) is 14.0. The summed E-state index contributed by atoms with van der Waals surface area (Å²) in [5, 5.41) is 11.1. The van der Waals surface area contributed by atoms with Crippen molar-refractivity contribution in [2.45, 2.75) is 32.9 Å². The summed E-state index contributed by atoms with van der Waals surface area (Å²) in [4.78, 5) is 4.30. The van der Waals surface area contributed by atoms with Crippen LogP contribution in [0.15, 0.2) is 41.7 Å². The van der Waals surface area contributed by atoms with Crippen LogP contribution in [0.4, 0.5) is 0 Å². The SMILES string of the molecule is CCC(C)NC(N)=NCc1nncn1-c1ccccc1. The van der Waals surface area contributed by atoms with E-state index in [0.717, 1.165) is 17.9 Å². The zero-order valence-electron chi connectivity index (χ0n) is 11.8. The van der Waals surface area contributed by atoms with E-state index < -0.39 is 0 Å². The van der Waals surface area contributed by atoms with E-state index >= 15 is 0 Å². The molecule has 106 valence electrons. The van der Waals surface area contributed by atoms with Crippen molar-refractivity contribution in [3.63, 3.8) is 0 Å². The van der Waals surface area contributed by atoms with Gasteiger partial charge in [0.05, 0.1) is 0 Å². The summed E-state index contributed by atoms with van der Waals surface area (Å²) in [5.41, 5.74) is 6.85. The van der Waals surface area contributed by atoms with E-state index in [1.165, 1.54) is 0 Å². The van der Waals surface area contributed by atoms with Gasteiger partial charge in [-0.05, 0) is 25.5 Å². The Bertz CT molecular complexity index is 560. The van der Waals surface area contributed by atoms with Crippen molar-refractivity contribution in [2.24, 2.45) is 10.7 Å². The maximum absolute atomic E-state index is 5.84. The lowest BCUT2D eigenvalue weighted by Crippen LogP contribution is -2.38. The Balaban J connectivity index is 2.08. The maximum Gasteiger partial charge on any atom is 0.189 e. The summed E-state index contributed by atoms with van der Waals surface area (Å²) in [5.74, 6) is 1.19. The fourth-order valence-electron chi connectivity index (χ4n) is 1.73. The first-order valence-electron chi connectivity index (χ1n) is 6.71. The molecular formula is C14H20N6. The lowest BCUT2D eigenvalue weighted by Gasteiger charge is -2.11. The van der Waals surface area contributed by atoms with Crippen molar-refractivity contribution in [1.29, 1.82) is 0 Å². The van der Waals surface area contributed by atoms with Crippen molar-refractivity contribution in [2.75, 3.05) is 0 Å². The topological polar surface area (TPSA) is 81.1 Å². The van der Waals surface area contributed by atoms with Crippen LogP contribution in [0.5, 0.6) is 0 Å². The second-order valence-electron chi connectivity index (χ2n) is 4.61. The average Bonchev–Trinajstić information content (AvgIpc) is 2.94. The molecule has 6 nitrogen and oxygen atoms in total. The Morgan fingerprint density at radius 3 is 2.85 bits per heavy atom. The molecule has 0 aliphatic rings. The van der Waals surface area contributed by atoms with E-state index in [1.807, 2.05) is 34.9 Å². The van der Waals surface area contributed by atoms with Gasteiger partial charge in [-0.25, -0.2) is 4.99 Å². The molecule has 20 heavy (non-hydrogen) atoms. The molecule has 0 aliphatic heterocycles. The van der Waals surface area contributed by atoms with Crippen LogP contribution < -0.4 is 11.1 Å². The molecule has 1 unspecified atom stereocenters. The van der Waals surface area contributed by atoms with E-state index in [4.69, 9.17) is 5.73 Å². The maximum atomic E-state index is 5.84. The highest BCUT2D eigenvalue weighted by molar-refractivity contribution is 5.78. The molecule has 2 aromatic rings. The Kier molecular flexibility index (Phi) is 4.70. The highest BCUT2D eigenvalue weighted by atomic mass is 15.3. The second kappa shape index (κ2) is 6.70. The number of aliphatic imine (C=N–C) groups is 1. The van der Waals surface area contributed by atoms with Crippen LogP contribution in [0.1, 0.15) is 26.1 Å². The molecule has 0 saturated carbocycles. The molecule has 0 spiro atoms. The van der Waals surface area contributed by atoms with Gasteiger partial charge in [0.1, 0.15) is 12.9 Å². The molecular weight excluding hydrogens is 252 g/mol. The highest BCUT2D eigenvalue weighted by Gasteiger charge is 2.06. The van der Waals surface area contributed by atoms with Gasteiger partial charge in [-0.3, -0.25) is 4.57 Å². The van der Waals surface area contributed by atoms with E-state index in [1.54, 1.807) is 6.33 Å². The summed E-state index contributed by atoms with van der Waals surface area (Å²) in [6.45, 7) is 4.55. The van der Waals surface area contributed by atoms with Gasteiger partial charge in [-0.2, -0.15) is 0 Å². The van der Waals surface area contributed by atoms with Gasteiger partial charge < -0.3 is 11.1 Å². The van der Waals surface area contributed by atoms with Crippen molar-refractivity contribution in [3.05, 3.63) is 42.5 Å². The number of nitrogens with one attached hydrogen (secondary N) is 1. The van der Waals surface area contributed by atoms with Crippen LogP contribution in [-0.2, 0) is 6.54 Å². The lowest BCUT2D eigenvalue weighted by molar-refractivity contribution is 0.635. The van der Waals surface area contributed by atoms with Crippen LogP contribution >= 0.6 is 0 Å². The number of rotatable bonds is 5. The molecule has 0 radical (unpaired) electrons. The number of nitrogens with two attached hydrogens (primary N) is 1. The predicted molar refractivity (Wildman–Crippen MR) is 79.6 cm³/mol. The number of nitrogens with zero attached hydrogens (tertiary/aromatic N) is 4. The van der Waals surface area contributed by atoms with Gasteiger partial charge in [-0.1, -0.05) is 25.1 Å². The molecule has 6 heteroatoms. The highest BCUT2D eigenvalue weighted by Crippen LogP contribution is 2.09. The van der Waals surface area contributed by atoms with Gasteiger partial charge in [0.2, 0.25) is 0 Å². The quantitative estimate of drug-likeness (QED) is 0.638. The van der Waals surface area contributed by atoms with Gasteiger partial charge in [0.15, 0.2) is 11.8 Å². The number of aromatic nitrogens is 3. The monoisotopic (exact) mass is 272 g/mol. The van der Waals surface area contributed by atoms with E-state index in [0.29, 0.717) is 18.5 Å². The van der Waals surface area contributed by atoms with Crippen molar-refractivity contribution < 1.29 is 0 Å². The minimum absolute atomic E-state index is 0.311. The molecule has 0 amide bonds. The minimum atomic E-state index is 0.311. The third-order valence-corrected chi connectivity index (χ3v) is 3.05. The first-order valence-corrected chi connectivity index (χ1v) is 6.71. The van der Waals surface area contributed by atoms with Gasteiger partial charge >= 0.3 is 0 Å². The van der Waals surface area contributed by atoms with Gasteiger partial charge in [-0.15, -0.1) is 10.2 Å². The number of guanidine groups is 1. The van der Waals surface area contributed by atoms with Crippen molar-refractivity contribution >= 4 is 5.96 Å². The molecule has 0 saturated heterocycles. The summed E-state index contributed by atoms with van der Waals surface area (Å²) in [6.07, 6.45) is 2.68. The van der Waals surface area contributed by atoms with Gasteiger partial charge in [0.25, 0.3) is 0 Å². The summed E-state index contributed by atoms with van der Waals surface area (Å²) in [7, 11) is 0. The Labute approximate surface area is 118 Å². The number of benzene rings is 1. The fraction of sp³-hybridized carbons (Fsp3) is 0.357. The smallest absolute Gasteiger partial charge is 0.189 e. The van der Waals surface area contributed by atoms with Crippen LogP contribution in [-0.4, -0.2) is 26.8 Å². The van der Waals surface area contributed by atoms with Crippen LogP contribution in [0.3, 0.4) is 0 Å². The fourth-order valence-corrected chi connectivity index (χ4v) is 1.73. The normalized spacial score (nSPS) is 13.2. The standard InChI is InChI=1S/C14H20N6/c1-3-11(2)18-14(15)16-9-13-19-17-10-20(13)12-7-5-4-6-8-12/h4-8,10-11H,3,9H2,1-2H3,(H3,15,16,18). The Morgan fingerprint density at radius 1 is 1.40 bits per heavy atom. The zero-order chi connectivity index (χ0) is 14.4. The Morgan fingerprint density at radius 2 is 2.15 bits per heavy atom. The molecule has 0 aliphatic carbocycles. The summed E-state index contributed by atoms with van der Waals surface area (Å²) >= 11 is 0. The molecule has 1 aromatic carbocycles. The molecule has 0 fully saturated rings. The van der Waals surface area contributed by atoms with Crippen LogP contribution in [0.25, 0.3) is 5.69 Å². The zero-order valence-corrected chi connectivity index (χ0v) is 11.8. The predicted octanol–water partition coefficient (Wildman–Crippen LogP) is 1.47. The molecule has 0 bridgehead atoms. The number of hydrogen-bond acceptors (Lipinski definition) is 3. The molecule has 3 N–H and O–H groups in total. The van der Waals surface area contributed by atoms with Crippen molar-refractivity contribution in [3.8, 4) is 5.69 Å². The third-order valence-electron chi connectivity index (χ3n) is 3.05. The summed E-state index contributed by atoms with van der Waals surface area (Å²) < 4.78 is 1.90. The van der Waals surface area contributed by atoms with Gasteiger partial charge in [0, 0.05) is 11.7 Å². The molecule has 1 heterocycles. The van der Waals surface area contributed by atoms with Crippen LogP contribution in [0.2, 0.25) is 0 Å². The largest absolute Gasteiger partial charge is 0.370 e. The first-order chi connectivity index (χ1) is 9.70. The molecule has 1 atom stereocenters. The van der Waals surface area contributed by atoms with E-state index in [-0.39, 0.29) is 0 Å². The minimum Gasteiger partial charge on any atom is -0.370 e. The number of hydrogen-bond donors (Lipinski definition) is 2. The Hall–Kier alpha value is -2.37. The third kappa shape index (κ3) is 3.57. The van der Waals surface area contributed by atoms with Crippen LogP contribution in [0, 0.1) is 0 Å². The lowest BCUT2D eigenvalue weighted by atomic mass is 10.3. The number of para-hydroxylation sites is 1. The van der Waals surface area contributed by atoms with E-state index in [9.17, 15) is 0 Å². The molecule has 1 aromatic heterocycles. The van der Waals surface area contributed by atoms with E-state index in [2.05, 4.69) is 34.4 Å². The van der Waals surface area contributed by atoms with Crippen molar-refractivity contribution in [1.82, 2.24) is 20.1 Å². The average molecular weight is 272 g/mol. The second-order valence-corrected chi connectivity index (χ2v) is 4.61. The molecule has 2 rings (SSSR count). The summed E-state index contributed by atoms with van der Waals surface area (Å²) in [6, 6.07) is 10.2.